The van der Waals surface area contributed by atoms with Crippen molar-refractivity contribution in [3.63, 3.8) is 0 Å². The van der Waals surface area contributed by atoms with Gasteiger partial charge >= 0.3 is 17.9 Å². The molecular weight excluding hydrogens is 997 g/mol. The van der Waals surface area contributed by atoms with Crippen molar-refractivity contribution in [1.29, 1.82) is 0 Å². The van der Waals surface area contributed by atoms with E-state index in [0.29, 0.717) is 19.3 Å². The zero-order valence-corrected chi connectivity index (χ0v) is 53.5. The maximum absolute atomic E-state index is 13.0. The third kappa shape index (κ3) is 67.0. The van der Waals surface area contributed by atoms with Gasteiger partial charge in [0.2, 0.25) is 0 Å². The lowest BCUT2D eigenvalue weighted by Gasteiger charge is -2.18. The van der Waals surface area contributed by atoms with E-state index in [9.17, 15) is 14.4 Å². The highest BCUT2D eigenvalue weighted by Crippen LogP contribution is 2.18. The van der Waals surface area contributed by atoms with Crippen LogP contribution in [0, 0.1) is 0 Å². The SMILES string of the molecule is CC/C=C\C/C=C\C/C=C\C/C=C\CCCCCCCCCCC(=O)OC(COC(=O)CCCCCC/C=C\C/C=C\C/C=C\C/C=C\CC)COC(=O)CCCCCCCCCCCCCCCCCCCCCCCCCCC. The largest absolute Gasteiger partial charge is 0.462 e. The van der Waals surface area contributed by atoms with Crippen LogP contribution in [0.4, 0.5) is 0 Å². The molecule has 0 aromatic carbocycles. The number of allylic oxidation sites excluding steroid dienone is 16. The summed E-state index contributed by atoms with van der Waals surface area (Å²) in [6.07, 6.45) is 92.9. The first-order valence-electron chi connectivity index (χ1n) is 34.7. The third-order valence-electron chi connectivity index (χ3n) is 15.1. The molecule has 0 fully saturated rings. The monoisotopic (exact) mass is 1130 g/mol. The first-order valence-corrected chi connectivity index (χ1v) is 34.7. The number of ether oxygens (including phenoxy) is 3. The lowest BCUT2D eigenvalue weighted by molar-refractivity contribution is -0.167. The van der Waals surface area contributed by atoms with Crippen LogP contribution in [0.15, 0.2) is 97.2 Å². The highest BCUT2D eigenvalue weighted by Gasteiger charge is 2.19. The molecule has 0 amide bonds. The van der Waals surface area contributed by atoms with Gasteiger partial charge in [0, 0.05) is 19.3 Å². The van der Waals surface area contributed by atoms with Crippen LogP contribution in [0.5, 0.6) is 0 Å². The van der Waals surface area contributed by atoms with Crippen LogP contribution in [0.25, 0.3) is 0 Å². The second kappa shape index (κ2) is 68.8. The number of rotatable bonds is 63. The van der Waals surface area contributed by atoms with E-state index in [1.807, 2.05) is 0 Å². The van der Waals surface area contributed by atoms with E-state index >= 15 is 0 Å². The molecule has 0 heterocycles. The van der Waals surface area contributed by atoms with E-state index in [-0.39, 0.29) is 31.1 Å². The number of hydrogen-bond acceptors (Lipinski definition) is 6. The van der Waals surface area contributed by atoms with Crippen LogP contribution in [-0.2, 0) is 28.6 Å². The molecule has 81 heavy (non-hydrogen) atoms. The van der Waals surface area contributed by atoms with Gasteiger partial charge in [-0.15, -0.1) is 0 Å². The molecule has 0 aromatic heterocycles. The Balaban J connectivity index is 4.36. The molecule has 0 radical (unpaired) electrons. The maximum atomic E-state index is 13.0. The molecule has 0 aliphatic rings. The second-order valence-electron chi connectivity index (χ2n) is 23.0. The van der Waals surface area contributed by atoms with Crippen molar-refractivity contribution in [3.05, 3.63) is 97.2 Å². The highest BCUT2D eigenvalue weighted by atomic mass is 16.6. The van der Waals surface area contributed by atoms with Crippen molar-refractivity contribution in [2.75, 3.05) is 13.2 Å². The number of carbonyl (C=O) groups excluding carboxylic acids is 3. The summed E-state index contributed by atoms with van der Waals surface area (Å²) in [5, 5.41) is 0. The summed E-state index contributed by atoms with van der Waals surface area (Å²) in [4.78, 5) is 38.5. The van der Waals surface area contributed by atoms with E-state index in [4.69, 9.17) is 14.2 Å². The molecule has 0 N–H and O–H groups in total. The molecule has 6 nitrogen and oxygen atoms in total. The van der Waals surface area contributed by atoms with E-state index in [1.54, 1.807) is 0 Å². The molecule has 1 unspecified atom stereocenters. The van der Waals surface area contributed by atoms with Crippen molar-refractivity contribution >= 4 is 17.9 Å². The summed E-state index contributed by atoms with van der Waals surface area (Å²) in [5.41, 5.74) is 0. The number of unbranched alkanes of at least 4 members (excludes halogenated alkanes) is 36. The smallest absolute Gasteiger partial charge is 0.306 e. The number of esters is 3. The molecule has 466 valence electrons. The lowest BCUT2D eigenvalue weighted by atomic mass is 10.0. The fourth-order valence-corrected chi connectivity index (χ4v) is 9.96. The first kappa shape index (κ1) is 77.3. The molecule has 0 aliphatic heterocycles. The minimum atomic E-state index is -0.794. The fraction of sp³-hybridized carbons (Fsp3) is 0.747. The van der Waals surface area contributed by atoms with Crippen molar-refractivity contribution in [2.24, 2.45) is 0 Å². The summed E-state index contributed by atoms with van der Waals surface area (Å²) in [6.45, 7) is 6.44. The standard InChI is InChI=1S/C75H130O6/c1-4-7-10-13-16-19-22-25-28-31-33-35-36-37-38-40-41-44-47-50-53-56-59-62-65-68-74(77)80-71-72(70-79-73(76)67-64-61-58-55-52-49-46-43-30-27-24-21-18-15-12-9-6-3)81-75(78)69-66-63-60-57-54-51-48-45-42-39-34-32-29-26-23-20-17-14-11-8-5-2/h8-9,11-12,17-18,20-21,26-27,29-30,34,39,46,49,72H,4-7,10,13-16,19,22-25,28,31-33,35-38,40-45,47-48,50-71H2,1-3H3/b11-8-,12-9-,20-17-,21-18-,29-26-,30-27-,39-34-,49-46-. The number of hydrogen-bond donors (Lipinski definition) is 0. The van der Waals surface area contributed by atoms with Crippen LogP contribution in [0.1, 0.15) is 342 Å². The van der Waals surface area contributed by atoms with Gasteiger partial charge in [-0.05, 0) is 96.3 Å². The molecule has 1 atom stereocenters. The molecule has 6 heteroatoms. The minimum absolute atomic E-state index is 0.0864. The van der Waals surface area contributed by atoms with Crippen molar-refractivity contribution in [1.82, 2.24) is 0 Å². The molecular formula is C75H130O6. The molecule has 0 rings (SSSR count). The summed E-state index contributed by atoms with van der Waals surface area (Å²) in [7, 11) is 0. The average Bonchev–Trinajstić information content (AvgIpc) is 3.47. The Kier molecular flexibility index (Phi) is 65.7. The van der Waals surface area contributed by atoms with Gasteiger partial charge in [0.25, 0.3) is 0 Å². The van der Waals surface area contributed by atoms with Gasteiger partial charge < -0.3 is 14.2 Å². The van der Waals surface area contributed by atoms with E-state index in [1.165, 1.54) is 173 Å². The molecule has 0 bridgehead atoms. The van der Waals surface area contributed by atoms with Crippen molar-refractivity contribution < 1.29 is 28.6 Å². The van der Waals surface area contributed by atoms with Crippen LogP contribution < -0.4 is 0 Å². The Hall–Kier alpha value is -3.67. The van der Waals surface area contributed by atoms with Gasteiger partial charge in [-0.25, -0.2) is 0 Å². The van der Waals surface area contributed by atoms with Gasteiger partial charge in [0.05, 0.1) is 0 Å². The van der Waals surface area contributed by atoms with Crippen LogP contribution in [0.2, 0.25) is 0 Å². The Bertz CT molecular complexity index is 1580. The lowest BCUT2D eigenvalue weighted by Crippen LogP contribution is -2.30. The molecule has 0 saturated carbocycles. The summed E-state index contributed by atoms with van der Waals surface area (Å²) < 4.78 is 17.0. The zero-order chi connectivity index (χ0) is 58.5. The average molecular weight is 1130 g/mol. The van der Waals surface area contributed by atoms with E-state index in [2.05, 4.69) is 118 Å². The molecule has 0 spiro atoms. The van der Waals surface area contributed by atoms with Crippen LogP contribution >= 0.6 is 0 Å². The molecule has 0 saturated heterocycles. The van der Waals surface area contributed by atoms with Crippen molar-refractivity contribution in [3.8, 4) is 0 Å². The molecule has 0 aromatic rings. The maximum Gasteiger partial charge on any atom is 0.306 e. The van der Waals surface area contributed by atoms with Gasteiger partial charge in [-0.2, -0.15) is 0 Å². The Morgan fingerprint density at radius 1 is 0.259 bits per heavy atom. The van der Waals surface area contributed by atoms with Gasteiger partial charge in [-0.3, -0.25) is 14.4 Å². The second-order valence-corrected chi connectivity index (χ2v) is 23.0. The van der Waals surface area contributed by atoms with E-state index < -0.39 is 6.10 Å². The normalized spacial score (nSPS) is 12.7. The van der Waals surface area contributed by atoms with Crippen molar-refractivity contribution in [2.45, 2.75) is 348 Å². The summed E-state index contributed by atoms with van der Waals surface area (Å²) in [6, 6.07) is 0. The fourth-order valence-electron chi connectivity index (χ4n) is 9.96. The van der Waals surface area contributed by atoms with Gasteiger partial charge in [-0.1, -0.05) is 323 Å². The number of carbonyl (C=O) groups is 3. The van der Waals surface area contributed by atoms with Crippen LogP contribution in [0.3, 0.4) is 0 Å². The quantitative estimate of drug-likeness (QED) is 0.0261. The zero-order valence-electron chi connectivity index (χ0n) is 53.5. The Labute approximate surface area is 502 Å². The topological polar surface area (TPSA) is 78.9 Å². The molecule has 0 aliphatic carbocycles. The van der Waals surface area contributed by atoms with Crippen LogP contribution in [-0.4, -0.2) is 37.2 Å². The first-order chi connectivity index (χ1) is 40.0. The van der Waals surface area contributed by atoms with Gasteiger partial charge in [0.15, 0.2) is 6.10 Å². The minimum Gasteiger partial charge on any atom is -0.462 e. The Morgan fingerprint density at radius 2 is 0.481 bits per heavy atom. The summed E-state index contributed by atoms with van der Waals surface area (Å²) >= 11 is 0. The predicted octanol–water partition coefficient (Wildman–Crippen LogP) is 24.0. The highest BCUT2D eigenvalue weighted by molar-refractivity contribution is 5.71. The third-order valence-corrected chi connectivity index (χ3v) is 15.1. The van der Waals surface area contributed by atoms with Gasteiger partial charge in [0.1, 0.15) is 13.2 Å². The van der Waals surface area contributed by atoms with E-state index in [0.717, 1.165) is 128 Å². The predicted molar refractivity (Wildman–Crippen MR) is 353 cm³/mol. The Morgan fingerprint density at radius 3 is 0.753 bits per heavy atom. The summed E-state index contributed by atoms with van der Waals surface area (Å²) in [5.74, 6) is -0.903.